The second-order valence-corrected chi connectivity index (χ2v) is 5.95. The molecule has 23 heavy (non-hydrogen) atoms. The summed E-state index contributed by atoms with van der Waals surface area (Å²) in [5, 5.41) is 19.7. The van der Waals surface area contributed by atoms with Gasteiger partial charge in [-0.1, -0.05) is 72.8 Å². The van der Waals surface area contributed by atoms with Crippen molar-refractivity contribution in [3.63, 3.8) is 0 Å². The first-order chi connectivity index (χ1) is 11.3. The molecule has 1 nitrogen and oxygen atoms in total. The van der Waals surface area contributed by atoms with Crippen LogP contribution in [0.5, 0.6) is 5.75 Å². The summed E-state index contributed by atoms with van der Waals surface area (Å²) in [6, 6.07) is 27.0. The Morgan fingerprint density at radius 1 is 0.391 bits per heavy atom. The Labute approximate surface area is 133 Å². The van der Waals surface area contributed by atoms with Crippen LogP contribution in [0.15, 0.2) is 78.9 Å². The molecule has 0 radical (unpaired) electrons. The Balaban J connectivity index is 2.22. The molecule has 0 heterocycles. The molecular formula is C22H14O. The monoisotopic (exact) mass is 294 g/mol. The van der Waals surface area contributed by atoms with Crippen LogP contribution in [0.1, 0.15) is 0 Å². The number of rotatable bonds is 0. The third-order valence-corrected chi connectivity index (χ3v) is 4.74. The molecule has 0 aliphatic carbocycles. The molecule has 0 saturated carbocycles. The fourth-order valence-electron chi connectivity index (χ4n) is 3.74. The molecule has 0 spiro atoms. The molecule has 0 aliphatic rings. The maximum atomic E-state index is 10.2. The molecule has 0 aliphatic heterocycles. The molecule has 108 valence electrons. The summed E-state index contributed by atoms with van der Waals surface area (Å²) in [4.78, 5) is 0. The molecule has 1 heteroatoms. The van der Waals surface area contributed by atoms with Crippen molar-refractivity contribution in [3.05, 3.63) is 78.9 Å². The van der Waals surface area contributed by atoms with E-state index in [0.717, 1.165) is 10.8 Å². The predicted octanol–water partition coefficient (Wildman–Crippen LogP) is 6.01. The molecule has 0 fully saturated rings. The van der Waals surface area contributed by atoms with Crippen LogP contribution in [-0.2, 0) is 0 Å². The lowest BCUT2D eigenvalue weighted by Crippen LogP contribution is -1.85. The molecule has 0 aromatic heterocycles. The summed E-state index contributed by atoms with van der Waals surface area (Å²) < 4.78 is 0. The molecule has 0 amide bonds. The molecule has 5 aromatic rings. The largest absolute Gasteiger partial charge is 0.507 e. The van der Waals surface area contributed by atoms with Gasteiger partial charge in [-0.05, 0) is 43.8 Å². The van der Waals surface area contributed by atoms with Gasteiger partial charge in [0, 0.05) is 5.39 Å². The summed E-state index contributed by atoms with van der Waals surface area (Å²) in [6.07, 6.45) is 0. The van der Waals surface area contributed by atoms with Crippen LogP contribution in [0.3, 0.4) is 0 Å². The van der Waals surface area contributed by atoms with Gasteiger partial charge >= 0.3 is 0 Å². The molecular weight excluding hydrogens is 280 g/mol. The molecule has 0 saturated heterocycles. The van der Waals surface area contributed by atoms with E-state index in [2.05, 4.69) is 60.7 Å². The highest BCUT2D eigenvalue weighted by molar-refractivity contribution is 6.31. The lowest BCUT2D eigenvalue weighted by atomic mass is 9.91. The van der Waals surface area contributed by atoms with Crippen LogP contribution < -0.4 is 0 Å². The lowest BCUT2D eigenvalue weighted by molar-refractivity contribution is 0.481. The normalized spacial score (nSPS) is 11.7. The van der Waals surface area contributed by atoms with Crippen molar-refractivity contribution >= 4 is 43.1 Å². The van der Waals surface area contributed by atoms with Crippen LogP contribution >= 0.6 is 0 Å². The minimum absolute atomic E-state index is 0.335. The number of phenolic OH excluding ortho intramolecular Hbond substituents is 1. The topological polar surface area (TPSA) is 20.2 Å². The van der Waals surface area contributed by atoms with Crippen LogP contribution in [-0.4, -0.2) is 5.11 Å². The number of hydrogen-bond acceptors (Lipinski definition) is 1. The van der Waals surface area contributed by atoms with E-state index < -0.39 is 0 Å². The van der Waals surface area contributed by atoms with E-state index in [1.54, 1.807) is 6.07 Å². The van der Waals surface area contributed by atoms with E-state index in [0.29, 0.717) is 5.75 Å². The van der Waals surface area contributed by atoms with Crippen LogP contribution in [0.25, 0.3) is 43.1 Å². The average molecular weight is 294 g/mol. The van der Waals surface area contributed by atoms with E-state index in [-0.39, 0.29) is 0 Å². The van der Waals surface area contributed by atoms with Gasteiger partial charge in [0.25, 0.3) is 0 Å². The second-order valence-electron chi connectivity index (χ2n) is 5.95. The minimum atomic E-state index is 0.335. The van der Waals surface area contributed by atoms with Gasteiger partial charge in [0.2, 0.25) is 0 Å². The Morgan fingerprint density at radius 3 is 1.52 bits per heavy atom. The van der Waals surface area contributed by atoms with Crippen LogP contribution in [0.4, 0.5) is 0 Å². The fraction of sp³-hybridized carbons (Fsp3) is 0. The zero-order chi connectivity index (χ0) is 15.4. The number of benzene rings is 5. The first-order valence-corrected chi connectivity index (χ1v) is 7.78. The number of aromatic hydroxyl groups is 1. The standard InChI is InChI=1S/C22H14O/c23-21-11-5-10-19-17(21)12-13-20-16-8-2-1-6-14(16)15-7-3-4-9-18(15)22(19)20/h1-13,23H. The highest BCUT2D eigenvalue weighted by Crippen LogP contribution is 2.40. The van der Waals surface area contributed by atoms with Crippen molar-refractivity contribution in [2.75, 3.05) is 0 Å². The van der Waals surface area contributed by atoms with E-state index in [9.17, 15) is 5.11 Å². The fourth-order valence-corrected chi connectivity index (χ4v) is 3.74. The SMILES string of the molecule is Oc1cccc2c1ccc1c3ccccc3c3ccccc3c21. The Morgan fingerprint density at radius 2 is 0.826 bits per heavy atom. The van der Waals surface area contributed by atoms with Gasteiger partial charge in [0.1, 0.15) is 5.75 Å². The molecule has 1 N–H and O–H groups in total. The van der Waals surface area contributed by atoms with E-state index in [1.165, 1.54) is 32.3 Å². The number of fused-ring (bicyclic) bond motifs is 8. The zero-order valence-electron chi connectivity index (χ0n) is 12.5. The van der Waals surface area contributed by atoms with Gasteiger partial charge in [0.05, 0.1) is 0 Å². The highest BCUT2D eigenvalue weighted by atomic mass is 16.3. The van der Waals surface area contributed by atoms with Crippen molar-refractivity contribution < 1.29 is 5.11 Å². The van der Waals surface area contributed by atoms with Gasteiger partial charge in [-0.25, -0.2) is 0 Å². The predicted molar refractivity (Wildman–Crippen MR) is 98.1 cm³/mol. The number of hydrogen-bond donors (Lipinski definition) is 1. The Hall–Kier alpha value is -3.06. The maximum absolute atomic E-state index is 10.2. The van der Waals surface area contributed by atoms with Gasteiger partial charge in [-0.3, -0.25) is 0 Å². The minimum Gasteiger partial charge on any atom is -0.507 e. The first-order valence-electron chi connectivity index (χ1n) is 7.78. The second kappa shape index (κ2) is 4.47. The molecule has 0 unspecified atom stereocenters. The van der Waals surface area contributed by atoms with Crippen molar-refractivity contribution in [3.8, 4) is 5.75 Å². The first kappa shape index (κ1) is 12.5. The van der Waals surface area contributed by atoms with E-state index >= 15 is 0 Å². The van der Waals surface area contributed by atoms with E-state index in [4.69, 9.17) is 0 Å². The molecule has 0 bridgehead atoms. The van der Waals surface area contributed by atoms with Gasteiger partial charge < -0.3 is 5.11 Å². The lowest BCUT2D eigenvalue weighted by Gasteiger charge is -2.13. The maximum Gasteiger partial charge on any atom is 0.123 e. The average Bonchev–Trinajstić information content (AvgIpc) is 2.62. The Kier molecular flexibility index (Phi) is 2.42. The summed E-state index contributed by atoms with van der Waals surface area (Å²) in [6.45, 7) is 0. The molecule has 5 aromatic carbocycles. The van der Waals surface area contributed by atoms with Crippen molar-refractivity contribution in [1.82, 2.24) is 0 Å². The van der Waals surface area contributed by atoms with Crippen molar-refractivity contribution in [2.24, 2.45) is 0 Å². The van der Waals surface area contributed by atoms with Gasteiger partial charge in [-0.2, -0.15) is 0 Å². The molecule has 5 rings (SSSR count). The van der Waals surface area contributed by atoms with Crippen LogP contribution in [0, 0.1) is 0 Å². The highest BCUT2D eigenvalue weighted by Gasteiger charge is 2.11. The van der Waals surface area contributed by atoms with Crippen molar-refractivity contribution in [2.45, 2.75) is 0 Å². The van der Waals surface area contributed by atoms with E-state index in [1.807, 2.05) is 12.1 Å². The molecule has 0 atom stereocenters. The third kappa shape index (κ3) is 1.62. The third-order valence-electron chi connectivity index (χ3n) is 4.74. The summed E-state index contributed by atoms with van der Waals surface area (Å²) in [7, 11) is 0. The zero-order valence-corrected chi connectivity index (χ0v) is 12.5. The Bertz CT molecular complexity index is 1180. The summed E-state index contributed by atoms with van der Waals surface area (Å²) in [5.41, 5.74) is 0. The van der Waals surface area contributed by atoms with Gasteiger partial charge in [-0.15, -0.1) is 0 Å². The quantitative estimate of drug-likeness (QED) is 0.347. The number of phenols is 1. The summed E-state index contributed by atoms with van der Waals surface area (Å²) in [5.74, 6) is 0.335. The smallest absolute Gasteiger partial charge is 0.123 e. The van der Waals surface area contributed by atoms with Crippen molar-refractivity contribution in [1.29, 1.82) is 0 Å². The van der Waals surface area contributed by atoms with Gasteiger partial charge in [0.15, 0.2) is 0 Å². The summed E-state index contributed by atoms with van der Waals surface area (Å²) >= 11 is 0. The van der Waals surface area contributed by atoms with Crippen LogP contribution in [0.2, 0.25) is 0 Å².